The van der Waals surface area contributed by atoms with Gasteiger partial charge < -0.3 is 0 Å². The fourth-order valence-corrected chi connectivity index (χ4v) is 8.49. The van der Waals surface area contributed by atoms with Crippen molar-refractivity contribution in [2.45, 2.75) is 110 Å². The number of hydrogen-bond donors (Lipinski definition) is 0. The van der Waals surface area contributed by atoms with E-state index in [2.05, 4.69) is 122 Å². The van der Waals surface area contributed by atoms with E-state index in [0.717, 1.165) is 35.9 Å². The SMILES string of the molecule is Cc1c(C)c(C)c2c(c1C)Cc1c(C)c(C)c(C)c(C)c1-2.Cc1c(C)c(C)c2c(c1C)Cc1ccccc1-2.Cc1nc(C)nc(-c2ccccc2)n1. The minimum atomic E-state index is 0.746. The molecule has 0 radical (unpaired) electrons. The summed E-state index contributed by atoms with van der Waals surface area (Å²) in [6.07, 6.45) is 2.23. The molecule has 0 bridgehead atoms. The van der Waals surface area contributed by atoms with Crippen LogP contribution in [0.4, 0.5) is 0 Å². The van der Waals surface area contributed by atoms with Crippen molar-refractivity contribution in [3.63, 3.8) is 0 Å². The number of fused-ring (bicyclic) bond motifs is 6. The summed E-state index contributed by atoms with van der Waals surface area (Å²) in [5.74, 6) is 2.27. The molecule has 3 heteroatoms. The van der Waals surface area contributed by atoms with E-state index in [1.54, 1.807) is 16.7 Å². The Morgan fingerprint density at radius 1 is 0.346 bits per heavy atom. The van der Waals surface area contributed by atoms with E-state index in [1.165, 1.54) is 94.6 Å². The molecular weight excluding hydrogens is 631 g/mol. The fraction of sp³-hybridized carbons (Fsp3) is 0.327. The van der Waals surface area contributed by atoms with Crippen LogP contribution in [0.5, 0.6) is 0 Å². The zero-order valence-electron chi connectivity index (χ0n) is 34.0. The van der Waals surface area contributed by atoms with Crippen molar-refractivity contribution in [2.75, 3.05) is 0 Å². The van der Waals surface area contributed by atoms with Crippen molar-refractivity contribution < 1.29 is 0 Å². The normalized spacial score (nSPS) is 11.9. The van der Waals surface area contributed by atoms with Crippen LogP contribution in [0.3, 0.4) is 0 Å². The van der Waals surface area contributed by atoms with Gasteiger partial charge in [0.2, 0.25) is 0 Å². The number of nitrogens with zero attached hydrogens (tertiary/aromatic N) is 3. The van der Waals surface area contributed by atoms with Crippen LogP contribution in [0.1, 0.15) is 101 Å². The number of hydrogen-bond acceptors (Lipinski definition) is 3. The zero-order chi connectivity index (χ0) is 37.8. The Labute approximate surface area is 312 Å². The maximum absolute atomic E-state index is 4.28. The lowest BCUT2D eigenvalue weighted by molar-refractivity contribution is 0.928. The molecule has 6 aromatic rings. The van der Waals surface area contributed by atoms with Gasteiger partial charge in [0, 0.05) is 5.56 Å². The molecule has 0 atom stereocenters. The second kappa shape index (κ2) is 14.3. The second-order valence-corrected chi connectivity index (χ2v) is 15.2. The molecule has 8 rings (SSSR count). The van der Waals surface area contributed by atoms with Crippen LogP contribution >= 0.6 is 0 Å². The summed E-state index contributed by atoms with van der Waals surface area (Å²) < 4.78 is 0. The van der Waals surface area contributed by atoms with Gasteiger partial charge in [-0.15, -0.1) is 0 Å². The van der Waals surface area contributed by atoms with E-state index in [-0.39, 0.29) is 0 Å². The third-order valence-electron chi connectivity index (χ3n) is 12.6. The van der Waals surface area contributed by atoms with E-state index in [0.29, 0.717) is 0 Å². The molecule has 5 aromatic carbocycles. The lowest BCUT2D eigenvalue weighted by Crippen LogP contribution is -1.99. The predicted molar refractivity (Wildman–Crippen MR) is 221 cm³/mol. The average Bonchev–Trinajstić information content (AvgIpc) is 3.74. The molecule has 0 saturated heterocycles. The van der Waals surface area contributed by atoms with Crippen molar-refractivity contribution in [3.05, 3.63) is 155 Å². The molecule has 0 N–H and O–H groups in total. The Hall–Kier alpha value is -4.89. The summed E-state index contributed by atoms with van der Waals surface area (Å²) in [7, 11) is 0. The van der Waals surface area contributed by atoms with Crippen LogP contribution in [-0.4, -0.2) is 15.0 Å². The van der Waals surface area contributed by atoms with Crippen molar-refractivity contribution in [3.8, 4) is 33.6 Å². The highest BCUT2D eigenvalue weighted by Gasteiger charge is 2.29. The number of benzene rings is 5. The third-order valence-corrected chi connectivity index (χ3v) is 12.6. The highest BCUT2D eigenvalue weighted by molar-refractivity contribution is 5.87. The van der Waals surface area contributed by atoms with Gasteiger partial charge in [0.05, 0.1) is 0 Å². The summed E-state index contributed by atoms with van der Waals surface area (Å²) in [6.45, 7) is 31.1. The molecule has 2 aliphatic rings. The third kappa shape index (κ3) is 6.29. The molecule has 266 valence electrons. The van der Waals surface area contributed by atoms with E-state index in [1.807, 2.05) is 44.2 Å². The van der Waals surface area contributed by atoms with Crippen molar-refractivity contribution >= 4 is 0 Å². The van der Waals surface area contributed by atoms with E-state index < -0.39 is 0 Å². The number of aromatic nitrogens is 3. The first kappa shape index (κ1) is 36.9. The molecule has 0 fully saturated rings. The highest BCUT2D eigenvalue weighted by atomic mass is 15.0. The largest absolute Gasteiger partial charge is 0.219 e. The second-order valence-electron chi connectivity index (χ2n) is 15.2. The molecular formula is C49H55N3. The first-order valence-corrected chi connectivity index (χ1v) is 18.7. The molecule has 0 spiro atoms. The Morgan fingerprint density at radius 3 is 1.21 bits per heavy atom. The molecule has 3 nitrogen and oxygen atoms in total. The summed E-state index contributed by atoms with van der Waals surface area (Å²) in [6, 6.07) is 18.7. The van der Waals surface area contributed by atoms with Crippen LogP contribution in [-0.2, 0) is 12.8 Å². The molecule has 1 heterocycles. The van der Waals surface area contributed by atoms with Gasteiger partial charge in [-0.25, -0.2) is 15.0 Å². The standard InChI is InChI=1S/C21H26.C17H18.C11H11N3/c1-10-12(3)16(7)20-18(14(10)5)9-19-15(6)11(2)13(4)17(8)21(19)20;1-10-11(2)13(4)17-15-8-6-5-7-14(15)9-16(17)12(10)3;1-8-12-9(2)14-11(13-8)10-6-4-3-5-7-10/h9H2,1-8H3;5-8H,9H2,1-4H3;3-7H,1-2H3. The minimum Gasteiger partial charge on any atom is -0.219 e. The van der Waals surface area contributed by atoms with Gasteiger partial charge in [-0.2, -0.15) is 0 Å². The smallest absolute Gasteiger partial charge is 0.163 e. The van der Waals surface area contributed by atoms with Gasteiger partial charge in [-0.05, 0) is 221 Å². The minimum absolute atomic E-state index is 0.746. The van der Waals surface area contributed by atoms with Crippen LogP contribution < -0.4 is 0 Å². The average molecular weight is 686 g/mol. The first-order chi connectivity index (χ1) is 24.6. The first-order valence-electron chi connectivity index (χ1n) is 18.7. The van der Waals surface area contributed by atoms with Crippen LogP contribution in [0.25, 0.3) is 33.6 Å². The zero-order valence-corrected chi connectivity index (χ0v) is 34.0. The number of aryl methyl sites for hydroxylation is 2. The number of rotatable bonds is 1. The van der Waals surface area contributed by atoms with Gasteiger partial charge in [0.25, 0.3) is 0 Å². The summed E-state index contributed by atoms with van der Waals surface area (Å²) in [5.41, 5.74) is 31.0. The quantitative estimate of drug-likeness (QED) is 0.173. The van der Waals surface area contributed by atoms with Crippen LogP contribution in [0.2, 0.25) is 0 Å². The Bertz CT molecular complexity index is 2290. The van der Waals surface area contributed by atoms with Crippen LogP contribution in [0, 0.1) is 96.9 Å². The van der Waals surface area contributed by atoms with Gasteiger partial charge in [-0.1, -0.05) is 54.6 Å². The Kier molecular flexibility index (Phi) is 10.1. The molecule has 2 aliphatic carbocycles. The van der Waals surface area contributed by atoms with E-state index in [4.69, 9.17) is 0 Å². The molecule has 1 aromatic heterocycles. The summed E-state index contributed by atoms with van der Waals surface area (Å²) >= 11 is 0. The topological polar surface area (TPSA) is 38.7 Å². The maximum atomic E-state index is 4.28. The van der Waals surface area contributed by atoms with Crippen molar-refractivity contribution in [2.24, 2.45) is 0 Å². The fourth-order valence-electron chi connectivity index (χ4n) is 8.49. The monoisotopic (exact) mass is 685 g/mol. The molecule has 0 saturated carbocycles. The Morgan fingerprint density at radius 2 is 0.731 bits per heavy atom. The van der Waals surface area contributed by atoms with Gasteiger partial charge in [0.1, 0.15) is 11.6 Å². The highest BCUT2D eigenvalue weighted by Crippen LogP contribution is 2.47. The van der Waals surface area contributed by atoms with Gasteiger partial charge >= 0.3 is 0 Å². The summed E-state index contributed by atoms with van der Waals surface area (Å²) in [4.78, 5) is 12.7. The molecule has 0 unspecified atom stereocenters. The van der Waals surface area contributed by atoms with Crippen LogP contribution in [0.15, 0.2) is 54.6 Å². The lowest BCUT2D eigenvalue weighted by atomic mass is 9.86. The molecule has 0 aliphatic heterocycles. The van der Waals surface area contributed by atoms with Gasteiger partial charge in [-0.3, -0.25) is 0 Å². The molecule has 52 heavy (non-hydrogen) atoms. The maximum Gasteiger partial charge on any atom is 0.163 e. The van der Waals surface area contributed by atoms with Crippen molar-refractivity contribution in [1.29, 1.82) is 0 Å². The van der Waals surface area contributed by atoms with E-state index >= 15 is 0 Å². The lowest BCUT2D eigenvalue weighted by Gasteiger charge is -2.19. The van der Waals surface area contributed by atoms with E-state index in [9.17, 15) is 0 Å². The van der Waals surface area contributed by atoms with Gasteiger partial charge in [0.15, 0.2) is 5.82 Å². The van der Waals surface area contributed by atoms with Crippen molar-refractivity contribution in [1.82, 2.24) is 15.0 Å². The molecule has 0 amide bonds. The summed E-state index contributed by atoms with van der Waals surface area (Å²) in [5, 5.41) is 0. The Balaban J connectivity index is 0.000000137. The predicted octanol–water partition coefficient (Wildman–Crippen LogP) is 12.4.